The summed E-state index contributed by atoms with van der Waals surface area (Å²) in [5, 5.41) is 0. The summed E-state index contributed by atoms with van der Waals surface area (Å²) in [4.78, 5) is 0. The number of halogens is 1. The summed E-state index contributed by atoms with van der Waals surface area (Å²) in [5.41, 5.74) is 5.93. The van der Waals surface area contributed by atoms with E-state index in [0.717, 1.165) is 6.42 Å². The van der Waals surface area contributed by atoms with E-state index in [0.29, 0.717) is 31.6 Å². The molecule has 0 amide bonds. The standard InChI is InChI=1S/C13H21FN2O2S/c1-2-3-11-19(17,18)16(10-4-9-15)13-7-5-12(14)6-8-13/h5-8H,2-4,9-11,15H2,1H3. The highest BCUT2D eigenvalue weighted by atomic mass is 32.2. The lowest BCUT2D eigenvalue weighted by atomic mass is 10.3. The van der Waals surface area contributed by atoms with Crippen molar-refractivity contribution >= 4 is 15.7 Å². The highest BCUT2D eigenvalue weighted by Crippen LogP contribution is 2.20. The average molecular weight is 288 g/mol. The summed E-state index contributed by atoms with van der Waals surface area (Å²) in [6, 6.07) is 5.49. The van der Waals surface area contributed by atoms with Gasteiger partial charge in [0.1, 0.15) is 5.82 Å². The first-order valence-electron chi connectivity index (χ1n) is 6.47. The summed E-state index contributed by atoms with van der Waals surface area (Å²) in [6.07, 6.45) is 2.00. The van der Waals surface area contributed by atoms with Crippen LogP contribution in [0.4, 0.5) is 10.1 Å². The summed E-state index contributed by atoms with van der Waals surface area (Å²) < 4.78 is 38.8. The van der Waals surface area contributed by atoms with Crippen molar-refractivity contribution in [3.8, 4) is 0 Å². The second-order valence-electron chi connectivity index (χ2n) is 4.36. The van der Waals surface area contributed by atoms with Crippen LogP contribution in [0, 0.1) is 5.82 Å². The molecule has 0 heterocycles. The lowest BCUT2D eigenvalue weighted by Crippen LogP contribution is -2.34. The van der Waals surface area contributed by atoms with Crippen molar-refractivity contribution in [2.75, 3.05) is 23.1 Å². The molecule has 1 rings (SSSR count). The molecule has 4 nitrogen and oxygen atoms in total. The largest absolute Gasteiger partial charge is 0.330 e. The molecule has 0 aliphatic rings. The first kappa shape index (κ1) is 15.9. The fourth-order valence-electron chi connectivity index (χ4n) is 1.71. The second kappa shape index (κ2) is 7.45. The molecule has 2 N–H and O–H groups in total. The van der Waals surface area contributed by atoms with Crippen LogP contribution in [0.25, 0.3) is 0 Å². The van der Waals surface area contributed by atoms with E-state index in [4.69, 9.17) is 5.73 Å². The topological polar surface area (TPSA) is 63.4 Å². The van der Waals surface area contributed by atoms with E-state index < -0.39 is 10.0 Å². The van der Waals surface area contributed by atoms with Crippen LogP contribution >= 0.6 is 0 Å². The monoisotopic (exact) mass is 288 g/mol. The molecular weight excluding hydrogens is 267 g/mol. The van der Waals surface area contributed by atoms with E-state index in [1.54, 1.807) is 0 Å². The number of rotatable bonds is 8. The first-order chi connectivity index (χ1) is 9.01. The molecule has 0 aliphatic carbocycles. The van der Waals surface area contributed by atoms with Gasteiger partial charge in [-0.3, -0.25) is 4.31 Å². The average Bonchev–Trinajstić information content (AvgIpc) is 2.39. The molecule has 0 aromatic heterocycles. The maximum atomic E-state index is 12.9. The van der Waals surface area contributed by atoms with E-state index in [1.807, 2.05) is 6.92 Å². The van der Waals surface area contributed by atoms with E-state index in [1.165, 1.54) is 28.6 Å². The molecule has 108 valence electrons. The van der Waals surface area contributed by atoms with Gasteiger partial charge in [-0.2, -0.15) is 0 Å². The van der Waals surface area contributed by atoms with Gasteiger partial charge >= 0.3 is 0 Å². The van der Waals surface area contributed by atoms with Gasteiger partial charge in [-0.1, -0.05) is 13.3 Å². The Hall–Kier alpha value is -1.14. The number of benzene rings is 1. The Kier molecular flexibility index (Phi) is 6.24. The third kappa shape index (κ3) is 4.80. The van der Waals surface area contributed by atoms with Crippen LogP contribution < -0.4 is 10.0 Å². The number of unbranched alkanes of at least 4 members (excludes halogenated alkanes) is 1. The maximum absolute atomic E-state index is 12.9. The van der Waals surface area contributed by atoms with Crippen LogP contribution in [0.5, 0.6) is 0 Å². The Morgan fingerprint density at radius 1 is 1.21 bits per heavy atom. The molecule has 6 heteroatoms. The number of nitrogens with two attached hydrogens (primary N) is 1. The number of anilines is 1. The van der Waals surface area contributed by atoms with Crippen LogP contribution in [0.1, 0.15) is 26.2 Å². The lowest BCUT2D eigenvalue weighted by molar-refractivity contribution is 0.585. The molecule has 0 saturated carbocycles. The lowest BCUT2D eigenvalue weighted by Gasteiger charge is -2.24. The molecule has 0 atom stereocenters. The molecule has 0 spiro atoms. The van der Waals surface area contributed by atoms with Crippen molar-refractivity contribution in [3.05, 3.63) is 30.1 Å². The van der Waals surface area contributed by atoms with E-state index in [9.17, 15) is 12.8 Å². The van der Waals surface area contributed by atoms with Gasteiger partial charge in [0, 0.05) is 6.54 Å². The minimum absolute atomic E-state index is 0.103. The zero-order valence-corrected chi connectivity index (χ0v) is 12.0. The third-order valence-electron chi connectivity index (χ3n) is 2.77. The molecule has 1 aromatic carbocycles. The summed E-state index contributed by atoms with van der Waals surface area (Å²) in [6.45, 7) is 2.69. The minimum Gasteiger partial charge on any atom is -0.330 e. The normalized spacial score (nSPS) is 11.5. The van der Waals surface area contributed by atoms with Crippen LogP contribution in [0.2, 0.25) is 0 Å². The van der Waals surface area contributed by atoms with Crippen molar-refractivity contribution in [2.45, 2.75) is 26.2 Å². The molecular formula is C13H21FN2O2S. The predicted octanol–water partition coefficient (Wildman–Crippen LogP) is 2.11. The van der Waals surface area contributed by atoms with Crippen molar-refractivity contribution in [2.24, 2.45) is 5.73 Å². The molecule has 0 fully saturated rings. The Morgan fingerprint density at radius 3 is 2.37 bits per heavy atom. The summed E-state index contributed by atoms with van der Waals surface area (Å²) >= 11 is 0. The zero-order valence-electron chi connectivity index (χ0n) is 11.2. The highest BCUT2D eigenvalue weighted by molar-refractivity contribution is 7.92. The molecule has 19 heavy (non-hydrogen) atoms. The Morgan fingerprint density at radius 2 is 1.84 bits per heavy atom. The van der Waals surface area contributed by atoms with Crippen LogP contribution in [0.15, 0.2) is 24.3 Å². The highest BCUT2D eigenvalue weighted by Gasteiger charge is 2.21. The van der Waals surface area contributed by atoms with Gasteiger partial charge in [-0.05, 0) is 43.7 Å². The Bertz CT molecular complexity index is 474. The number of sulfonamides is 1. The molecule has 0 aliphatic heterocycles. The zero-order chi connectivity index (χ0) is 14.3. The van der Waals surface area contributed by atoms with Gasteiger partial charge in [0.25, 0.3) is 0 Å². The van der Waals surface area contributed by atoms with E-state index in [-0.39, 0.29) is 11.6 Å². The van der Waals surface area contributed by atoms with Crippen LogP contribution in [0.3, 0.4) is 0 Å². The summed E-state index contributed by atoms with van der Waals surface area (Å²) in [7, 11) is -3.37. The van der Waals surface area contributed by atoms with Gasteiger partial charge in [0.2, 0.25) is 10.0 Å². The Labute approximate surface area is 114 Å². The van der Waals surface area contributed by atoms with Crippen LogP contribution in [-0.4, -0.2) is 27.3 Å². The van der Waals surface area contributed by atoms with Crippen molar-refractivity contribution in [3.63, 3.8) is 0 Å². The van der Waals surface area contributed by atoms with Gasteiger partial charge in [-0.15, -0.1) is 0 Å². The Balaban J connectivity index is 2.96. The maximum Gasteiger partial charge on any atom is 0.235 e. The fourth-order valence-corrected chi connectivity index (χ4v) is 3.43. The van der Waals surface area contributed by atoms with E-state index >= 15 is 0 Å². The van der Waals surface area contributed by atoms with Gasteiger partial charge in [0.05, 0.1) is 11.4 Å². The predicted molar refractivity (Wildman–Crippen MR) is 76.1 cm³/mol. The molecule has 1 aromatic rings. The third-order valence-corrected chi connectivity index (χ3v) is 4.64. The summed E-state index contributed by atoms with van der Waals surface area (Å²) in [5.74, 6) is -0.278. The van der Waals surface area contributed by atoms with Crippen molar-refractivity contribution in [1.29, 1.82) is 0 Å². The van der Waals surface area contributed by atoms with Gasteiger partial charge < -0.3 is 5.73 Å². The molecule has 0 radical (unpaired) electrons. The minimum atomic E-state index is -3.37. The second-order valence-corrected chi connectivity index (χ2v) is 6.37. The number of hydrogen-bond acceptors (Lipinski definition) is 3. The van der Waals surface area contributed by atoms with Crippen LogP contribution in [-0.2, 0) is 10.0 Å². The van der Waals surface area contributed by atoms with Crippen molar-refractivity contribution in [1.82, 2.24) is 0 Å². The van der Waals surface area contributed by atoms with Gasteiger partial charge in [-0.25, -0.2) is 12.8 Å². The fraction of sp³-hybridized carbons (Fsp3) is 0.538. The molecule has 0 unspecified atom stereocenters. The quantitative estimate of drug-likeness (QED) is 0.797. The number of hydrogen-bond donors (Lipinski definition) is 1. The van der Waals surface area contributed by atoms with Crippen molar-refractivity contribution < 1.29 is 12.8 Å². The SMILES string of the molecule is CCCCS(=O)(=O)N(CCCN)c1ccc(F)cc1. The first-order valence-corrected chi connectivity index (χ1v) is 8.08. The van der Waals surface area contributed by atoms with E-state index in [2.05, 4.69) is 0 Å². The number of nitrogens with zero attached hydrogens (tertiary/aromatic N) is 1. The molecule has 0 bridgehead atoms. The van der Waals surface area contributed by atoms with Gasteiger partial charge in [0.15, 0.2) is 0 Å². The smallest absolute Gasteiger partial charge is 0.235 e. The molecule has 0 saturated heterocycles.